The zero-order chi connectivity index (χ0) is 16.5. The predicted octanol–water partition coefficient (Wildman–Crippen LogP) is 4.04. The molecule has 0 fully saturated rings. The van der Waals surface area contributed by atoms with Gasteiger partial charge in [0, 0.05) is 5.69 Å². The normalized spacial score (nSPS) is 10.7. The highest BCUT2D eigenvalue weighted by molar-refractivity contribution is 7.80. The number of anilines is 1. The van der Waals surface area contributed by atoms with E-state index in [1.54, 1.807) is 6.21 Å². The monoisotopic (exact) mass is 327 g/mol. The van der Waals surface area contributed by atoms with Crippen LogP contribution in [0.1, 0.15) is 19.4 Å². The lowest BCUT2D eigenvalue weighted by Gasteiger charge is -2.09. The van der Waals surface area contributed by atoms with Gasteiger partial charge in [0.2, 0.25) is 0 Å². The molecule has 0 aliphatic carbocycles. The summed E-state index contributed by atoms with van der Waals surface area (Å²) >= 11 is 5.19. The molecule has 4 nitrogen and oxygen atoms in total. The van der Waals surface area contributed by atoms with Crippen molar-refractivity contribution in [3.05, 3.63) is 60.2 Å². The van der Waals surface area contributed by atoms with Crippen molar-refractivity contribution < 1.29 is 4.74 Å². The van der Waals surface area contributed by atoms with Crippen LogP contribution in [0, 0.1) is 5.92 Å². The first-order valence-electron chi connectivity index (χ1n) is 7.51. The molecule has 0 spiro atoms. The molecule has 0 saturated carbocycles. The number of ether oxygens (including phenoxy) is 1. The van der Waals surface area contributed by atoms with Gasteiger partial charge >= 0.3 is 0 Å². The standard InChI is InChI=1S/C18H21N3OS/c1-14(2)13-22-17-10-6-7-15(11-17)12-19-21-18(23)20-16-8-4-3-5-9-16/h3-12,14H,13H2,1-2H3,(H2,20,21,23)/b19-12+. The first-order valence-corrected chi connectivity index (χ1v) is 7.92. The Morgan fingerprint density at radius 1 is 1.17 bits per heavy atom. The van der Waals surface area contributed by atoms with Crippen molar-refractivity contribution in [2.24, 2.45) is 11.0 Å². The minimum atomic E-state index is 0.444. The van der Waals surface area contributed by atoms with Crippen LogP contribution in [0.2, 0.25) is 0 Å². The summed E-state index contributed by atoms with van der Waals surface area (Å²) in [5, 5.41) is 7.64. The minimum absolute atomic E-state index is 0.444. The van der Waals surface area contributed by atoms with E-state index < -0.39 is 0 Å². The number of para-hydroxylation sites is 1. The van der Waals surface area contributed by atoms with E-state index >= 15 is 0 Å². The Hall–Kier alpha value is -2.40. The summed E-state index contributed by atoms with van der Waals surface area (Å²) in [6, 6.07) is 17.5. The SMILES string of the molecule is CC(C)COc1cccc(/C=N/NC(=S)Nc2ccccc2)c1. The largest absolute Gasteiger partial charge is 0.493 e. The van der Waals surface area contributed by atoms with Crippen molar-refractivity contribution in [2.75, 3.05) is 11.9 Å². The van der Waals surface area contributed by atoms with Crippen LogP contribution < -0.4 is 15.5 Å². The average Bonchev–Trinajstić information content (AvgIpc) is 2.54. The molecule has 0 heterocycles. The lowest BCUT2D eigenvalue weighted by Crippen LogP contribution is -2.23. The van der Waals surface area contributed by atoms with Crippen molar-refractivity contribution in [1.29, 1.82) is 0 Å². The molecule has 120 valence electrons. The molecule has 0 saturated heterocycles. The minimum Gasteiger partial charge on any atom is -0.493 e. The van der Waals surface area contributed by atoms with Crippen LogP contribution in [-0.2, 0) is 0 Å². The third-order valence-electron chi connectivity index (χ3n) is 2.85. The predicted molar refractivity (Wildman–Crippen MR) is 100 cm³/mol. The maximum Gasteiger partial charge on any atom is 0.191 e. The summed E-state index contributed by atoms with van der Waals surface area (Å²) in [5.41, 5.74) is 4.66. The first-order chi connectivity index (χ1) is 11.1. The molecule has 5 heteroatoms. The van der Waals surface area contributed by atoms with Gasteiger partial charge in [-0.15, -0.1) is 0 Å². The number of hydrogen-bond acceptors (Lipinski definition) is 3. The number of thiocarbonyl (C=S) groups is 1. The molecule has 0 aliphatic heterocycles. The van der Waals surface area contributed by atoms with Crippen molar-refractivity contribution in [1.82, 2.24) is 5.43 Å². The third-order valence-corrected chi connectivity index (χ3v) is 3.05. The van der Waals surface area contributed by atoms with Crippen LogP contribution in [0.5, 0.6) is 5.75 Å². The Balaban J connectivity index is 1.85. The zero-order valence-corrected chi connectivity index (χ0v) is 14.1. The van der Waals surface area contributed by atoms with Gasteiger partial charge in [-0.2, -0.15) is 5.10 Å². The van der Waals surface area contributed by atoms with E-state index in [0.717, 1.165) is 17.0 Å². The Kier molecular flexibility index (Phi) is 6.56. The first kappa shape index (κ1) is 17.0. The van der Waals surface area contributed by atoms with Crippen molar-refractivity contribution in [2.45, 2.75) is 13.8 Å². The summed E-state index contributed by atoms with van der Waals surface area (Å²) in [6.07, 6.45) is 1.71. The molecule has 0 amide bonds. The van der Waals surface area contributed by atoms with E-state index in [4.69, 9.17) is 17.0 Å². The van der Waals surface area contributed by atoms with Gasteiger partial charge in [-0.3, -0.25) is 5.43 Å². The summed E-state index contributed by atoms with van der Waals surface area (Å²) in [5.74, 6) is 1.34. The summed E-state index contributed by atoms with van der Waals surface area (Å²) in [6.45, 7) is 4.94. The molecule has 2 aromatic rings. The maximum absolute atomic E-state index is 5.69. The third kappa shape index (κ3) is 6.48. The molecule has 0 aromatic heterocycles. The molecule has 2 aromatic carbocycles. The second-order valence-electron chi connectivity index (χ2n) is 5.47. The molecule has 0 atom stereocenters. The Labute approximate surface area is 142 Å². The fourth-order valence-electron chi connectivity index (χ4n) is 1.79. The number of nitrogens with one attached hydrogen (secondary N) is 2. The molecule has 0 unspecified atom stereocenters. The second kappa shape index (κ2) is 8.90. The Bertz CT molecular complexity index is 656. The molecule has 2 rings (SSSR count). The van der Waals surface area contributed by atoms with E-state index in [2.05, 4.69) is 29.7 Å². The lowest BCUT2D eigenvalue weighted by molar-refractivity contribution is 0.271. The molecular formula is C18H21N3OS. The maximum atomic E-state index is 5.69. The Morgan fingerprint density at radius 2 is 1.96 bits per heavy atom. The van der Waals surface area contributed by atoms with Gasteiger partial charge in [0.1, 0.15) is 5.75 Å². The van der Waals surface area contributed by atoms with Crippen molar-refractivity contribution in [3.63, 3.8) is 0 Å². The number of nitrogens with zero attached hydrogens (tertiary/aromatic N) is 1. The zero-order valence-electron chi connectivity index (χ0n) is 13.3. The van der Waals surface area contributed by atoms with Crippen LogP contribution in [0.15, 0.2) is 59.7 Å². The summed E-state index contributed by atoms with van der Waals surface area (Å²) < 4.78 is 5.69. The summed E-state index contributed by atoms with van der Waals surface area (Å²) in [4.78, 5) is 0. The molecular weight excluding hydrogens is 306 g/mol. The van der Waals surface area contributed by atoms with Crippen LogP contribution in [0.25, 0.3) is 0 Å². The van der Waals surface area contributed by atoms with Crippen LogP contribution >= 0.6 is 12.2 Å². The number of benzene rings is 2. The number of hydrogen-bond donors (Lipinski definition) is 2. The smallest absolute Gasteiger partial charge is 0.191 e. The van der Waals surface area contributed by atoms with Crippen LogP contribution in [-0.4, -0.2) is 17.9 Å². The Morgan fingerprint density at radius 3 is 2.70 bits per heavy atom. The van der Waals surface area contributed by atoms with Crippen LogP contribution in [0.4, 0.5) is 5.69 Å². The van der Waals surface area contributed by atoms with Gasteiger partial charge in [-0.25, -0.2) is 0 Å². The van der Waals surface area contributed by atoms with E-state index in [1.807, 2.05) is 54.6 Å². The van der Waals surface area contributed by atoms with E-state index in [9.17, 15) is 0 Å². The highest BCUT2D eigenvalue weighted by atomic mass is 32.1. The van der Waals surface area contributed by atoms with Crippen molar-refractivity contribution >= 4 is 29.2 Å². The second-order valence-corrected chi connectivity index (χ2v) is 5.88. The van der Waals surface area contributed by atoms with Gasteiger partial charge in [0.25, 0.3) is 0 Å². The number of hydrazone groups is 1. The lowest BCUT2D eigenvalue weighted by atomic mass is 10.2. The molecule has 0 aliphatic rings. The summed E-state index contributed by atoms with van der Waals surface area (Å²) in [7, 11) is 0. The molecule has 2 N–H and O–H groups in total. The highest BCUT2D eigenvalue weighted by Gasteiger charge is 1.98. The van der Waals surface area contributed by atoms with E-state index in [-0.39, 0.29) is 0 Å². The fraction of sp³-hybridized carbons (Fsp3) is 0.222. The van der Waals surface area contributed by atoms with Crippen LogP contribution in [0.3, 0.4) is 0 Å². The number of rotatable bonds is 6. The average molecular weight is 327 g/mol. The van der Waals surface area contributed by atoms with Gasteiger partial charge in [-0.05, 0) is 48.0 Å². The van der Waals surface area contributed by atoms with E-state index in [0.29, 0.717) is 17.6 Å². The topological polar surface area (TPSA) is 45.6 Å². The van der Waals surface area contributed by atoms with Gasteiger partial charge in [0.15, 0.2) is 5.11 Å². The molecule has 0 radical (unpaired) electrons. The van der Waals surface area contributed by atoms with Gasteiger partial charge in [-0.1, -0.05) is 44.2 Å². The van der Waals surface area contributed by atoms with Gasteiger partial charge < -0.3 is 10.1 Å². The molecule has 0 bridgehead atoms. The molecule has 23 heavy (non-hydrogen) atoms. The fourth-order valence-corrected chi connectivity index (χ4v) is 1.96. The van der Waals surface area contributed by atoms with Crippen molar-refractivity contribution in [3.8, 4) is 5.75 Å². The highest BCUT2D eigenvalue weighted by Crippen LogP contribution is 2.13. The quantitative estimate of drug-likeness (QED) is 0.477. The van der Waals surface area contributed by atoms with E-state index in [1.165, 1.54) is 0 Å². The van der Waals surface area contributed by atoms with Gasteiger partial charge in [0.05, 0.1) is 12.8 Å².